The summed E-state index contributed by atoms with van der Waals surface area (Å²) in [5.41, 5.74) is 11.7. The van der Waals surface area contributed by atoms with E-state index in [4.69, 9.17) is 10.5 Å². The summed E-state index contributed by atoms with van der Waals surface area (Å²) in [5.74, 6) is 1.86. The van der Waals surface area contributed by atoms with Crippen molar-refractivity contribution in [3.63, 3.8) is 0 Å². The van der Waals surface area contributed by atoms with Crippen LogP contribution in [0.3, 0.4) is 0 Å². The molecule has 0 atom stereocenters. The largest absolute Gasteiger partial charge is 0.457 e. The molecule has 2 heteroatoms. The van der Waals surface area contributed by atoms with Crippen LogP contribution in [0.25, 0.3) is 0 Å². The lowest BCUT2D eigenvalue weighted by Gasteiger charge is -2.14. The molecule has 0 fully saturated rings. The molecule has 0 bridgehead atoms. The summed E-state index contributed by atoms with van der Waals surface area (Å²) in [5, 5.41) is 0. The molecule has 20 heavy (non-hydrogen) atoms. The minimum absolute atomic E-state index is 0.676. The van der Waals surface area contributed by atoms with Crippen molar-refractivity contribution in [2.45, 2.75) is 34.1 Å². The third-order valence-electron chi connectivity index (χ3n) is 3.66. The molecule has 0 aliphatic carbocycles. The highest BCUT2D eigenvalue weighted by Crippen LogP contribution is 2.30. The average Bonchev–Trinajstić information content (AvgIpc) is 2.38. The molecule has 2 aromatic rings. The van der Waals surface area contributed by atoms with Gasteiger partial charge < -0.3 is 10.5 Å². The van der Waals surface area contributed by atoms with Crippen LogP contribution in [0.5, 0.6) is 11.5 Å². The van der Waals surface area contributed by atoms with E-state index in [-0.39, 0.29) is 0 Å². The standard InChI is InChI=1S/C18H23NO/c1-12-9-13(2)15(4)18(10-12)20-17-6-5-16(7-8-19)11-14(17)3/h5-6,9-11H,7-8,19H2,1-4H3. The zero-order valence-electron chi connectivity index (χ0n) is 12.8. The van der Waals surface area contributed by atoms with Crippen molar-refractivity contribution in [2.24, 2.45) is 5.73 Å². The first-order valence-corrected chi connectivity index (χ1v) is 7.06. The maximum Gasteiger partial charge on any atom is 0.130 e. The summed E-state index contributed by atoms with van der Waals surface area (Å²) in [6.07, 6.45) is 0.906. The van der Waals surface area contributed by atoms with Crippen LogP contribution in [0.4, 0.5) is 0 Å². The Morgan fingerprint density at radius 3 is 2.30 bits per heavy atom. The lowest BCUT2D eigenvalue weighted by atomic mass is 10.1. The molecule has 0 radical (unpaired) electrons. The van der Waals surface area contributed by atoms with Gasteiger partial charge in [-0.05, 0) is 80.6 Å². The van der Waals surface area contributed by atoms with Crippen molar-refractivity contribution in [1.82, 2.24) is 0 Å². The van der Waals surface area contributed by atoms with Crippen molar-refractivity contribution in [2.75, 3.05) is 6.54 Å². The molecule has 0 unspecified atom stereocenters. The van der Waals surface area contributed by atoms with E-state index in [0.29, 0.717) is 6.54 Å². The van der Waals surface area contributed by atoms with Gasteiger partial charge in [-0.2, -0.15) is 0 Å². The Labute approximate surface area is 121 Å². The van der Waals surface area contributed by atoms with Gasteiger partial charge in [0.15, 0.2) is 0 Å². The zero-order valence-corrected chi connectivity index (χ0v) is 12.8. The summed E-state index contributed by atoms with van der Waals surface area (Å²) in [6.45, 7) is 9.06. The predicted molar refractivity (Wildman–Crippen MR) is 84.7 cm³/mol. The minimum Gasteiger partial charge on any atom is -0.457 e. The van der Waals surface area contributed by atoms with Crippen LogP contribution in [-0.2, 0) is 6.42 Å². The smallest absolute Gasteiger partial charge is 0.130 e. The molecule has 106 valence electrons. The number of hydrogen-bond acceptors (Lipinski definition) is 2. The van der Waals surface area contributed by atoms with Crippen LogP contribution in [-0.4, -0.2) is 6.54 Å². The Kier molecular flexibility index (Phi) is 4.46. The number of nitrogens with two attached hydrogens (primary N) is 1. The fourth-order valence-electron chi connectivity index (χ4n) is 2.37. The Balaban J connectivity index is 2.31. The minimum atomic E-state index is 0.676. The maximum absolute atomic E-state index is 6.10. The molecule has 0 spiro atoms. The van der Waals surface area contributed by atoms with Gasteiger partial charge in [-0.3, -0.25) is 0 Å². The number of benzene rings is 2. The first kappa shape index (κ1) is 14.6. The first-order valence-electron chi connectivity index (χ1n) is 7.06. The molecule has 2 N–H and O–H groups in total. The predicted octanol–water partition coefficient (Wildman–Crippen LogP) is 4.21. The maximum atomic E-state index is 6.10. The molecule has 2 nitrogen and oxygen atoms in total. The van der Waals surface area contributed by atoms with Crippen LogP contribution in [0.15, 0.2) is 30.3 Å². The SMILES string of the molecule is Cc1cc(C)c(C)c(Oc2ccc(CCN)cc2C)c1. The van der Waals surface area contributed by atoms with Gasteiger partial charge in [0.1, 0.15) is 11.5 Å². The van der Waals surface area contributed by atoms with E-state index in [0.717, 1.165) is 23.5 Å². The fraction of sp³-hybridized carbons (Fsp3) is 0.333. The van der Waals surface area contributed by atoms with Crippen molar-refractivity contribution < 1.29 is 4.74 Å². The van der Waals surface area contributed by atoms with E-state index < -0.39 is 0 Å². The number of ether oxygens (including phenoxy) is 1. The highest BCUT2D eigenvalue weighted by molar-refractivity contribution is 5.46. The molecule has 0 aliphatic heterocycles. The van der Waals surface area contributed by atoms with Gasteiger partial charge in [0, 0.05) is 0 Å². The Hall–Kier alpha value is -1.80. The molecule has 0 amide bonds. The lowest BCUT2D eigenvalue weighted by molar-refractivity contribution is 0.474. The molecular formula is C18H23NO. The fourth-order valence-corrected chi connectivity index (χ4v) is 2.37. The molecule has 2 aromatic carbocycles. The number of hydrogen-bond donors (Lipinski definition) is 1. The van der Waals surface area contributed by atoms with Crippen molar-refractivity contribution in [3.8, 4) is 11.5 Å². The molecular weight excluding hydrogens is 246 g/mol. The van der Waals surface area contributed by atoms with Crippen LogP contribution >= 0.6 is 0 Å². The summed E-state index contributed by atoms with van der Waals surface area (Å²) in [6, 6.07) is 10.6. The van der Waals surface area contributed by atoms with Gasteiger partial charge in [0.2, 0.25) is 0 Å². The molecule has 0 aliphatic rings. The lowest BCUT2D eigenvalue weighted by Crippen LogP contribution is -2.03. The van der Waals surface area contributed by atoms with Gasteiger partial charge in [-0.15, -0.1) is 0 Å². The van der Waals surface area contributed by atoms with Crippen LogP contribution in [0.2, 0.25) is 0 Å². The van der Waals surface area contributed by atoms with Crippen molar-refractivity contribution >= 4 is 0 Å². The Morgan fingerprint density at radius 2 is 1.65 bits per heavy atom. The number of aryl methyl sites for hydroxylation is 3. The second-order valence-corrected chi connectivity index (χ2v) is 5.45. The third kappa shape index (κ3) is 3.20. The van der Waals surface area contributed by atoms with E-state index in [2.05, 4.69) is 52.0 Å². The summed E-state index contributed by atoms with van der Waals surface area (Å²) in [7, 11) is 0. The molecule has 0 aromatic heterocycles. The topological polar surface area (TPSA) is 35.2 Å². The first-order chi connectivity index (χ1) is 9.51. The van der Waals surface area contributed by atoms with Crippen LogP contribution in [0.1, 0.15) is 27.8 Å². The summed E-state index contributed by atoms with van der Waals surface area (Å²) in [4.78, 5) is 0. The highest BCUT2D eigenvalue weighted by atomic mass is 16.5. The number of rotatable bonds is 4. The quantitative estimate of drug-likeness (QED) is 0.902. The molecule has 2 rings (SSSR count). The van der Waals surface area contributed by atoms with Crippen molar-refractivity contribution in [1.29, 1.82) is 0 Å². The van der Waals surface area contributed by atoms with Gasteiger partial charge in [-0.25, -0.2) is 0 Å². The second kappa shape index (κ2) is 6.10. The van der Waals surface area contributed by atoms with E-state index in [1.165, 1.54) is 22.3 Å². The zero-order chi connectivity index (χ0) is 14.7. The van der Waals surface area contributed by atoms with Crippen LogP contribution < -0.4 is 10.5 Å². The van der Waals surface area contributed by atoms with E-state index in [1.807, 2.05) is 6.07 Å². The van der Waals surface area contributed by atoms with Gasteiger partial charge in [-0.1, -0.05) is 18.2 Å². The van der Waals surface area contributed by atoms with Crippen LogP contribution in [0, 0.1) is 27.7 Å². The summed E-state index contributed by atoms with van der Waals surface area (Å²) < 4.78 is 6.10. The third-order valence-corrected chi connectivity index (χ3v) is 3.66. The van der Waals surface area contributed by atoms with Crippen molar-refractivity contribution in [3.05, 3.63) is 58.1 Å². The Morgan fingerprint density at radius 1 is 0.900 bits per heavy atom. The van der Waals surface area contributed by atoms with Gasteiger partial charge in [0.05, 0.1) is 0 Å². The molecule has 0 heterocycles. The van der Waals surface area contributed by atoms with Gasteiger partial charge >= 0.3 is 0 Å². The Bertz CT molecular complexity index is 617. The molecule has 0 saturated carbocycles. The monoisotopic (exact) mass is 269 g/mol. The molecule has 0 saturated heterocycles. The summed E-state index contributed by atoms with van der Waals surface area (Å²) >= 11 is 0. The highest BCUT2D eigenvalue weighted by Gasteiger charge is 2.07. The second-order valence-electron chi connectivity index (χ2n) is 5.45. The average molecular weight is 269 g/mol. The van der Waals surface area contributed by atoms with Gasteiger partial charge in [0.25, 0.3) is 0 Å². The van der Waals surface area contributed by atoms with E-state index in [1.54, 1.807) is 0 Å². The van der Waals surface area contributed by atoms with E-state index >= 15 is 0 Å². The van der Waals surface area contributed by atoms with E-state index in [9.17, 15) is 0 Å². The normalized spacial score (nSPS) is 10.7.